The van der Waals surface area contributed by atoms with Gasteiger partial charge in [0.1, 0.15) is 0 Å². The molecule has 2 nitrogen and oxygen atoms in total. The van der Waals surface area contributed by atoms with Gasteiger partial charge in [-0.1, -0.05) is 0 Å². The molecule has 0 spiro atoms. The first-order valence-corrected chi connectivity index (χ1v) is 4.48. The van der Waals surface area contributed by atoms with Gasteiger partial charge < -0.3 is 0 Å². The lowest BCUT2D eigenvalue weighted by molar-refractivity contribution is -0.111. The van der Waals surface area contributed by atoms with Crippen LogP contribution in [-0.2, 0) is 9.59 Å². The fourth-order valence-electron chi connectivity index (χ4n) is 0.305. The van der Waals surface area contributed by atoms with Crippen LogP contribution in [0.5, 0.6) is 0 Å². The lowest BCUT2D eigenvalue weighted by atomic mass is 10.6. The summed E-state index contributed by atoms with van der Waals surface area (Å²) in [4.78, 5) is 20.2. The van der Waals surface area contributed by atoms with E-state index in [0.29, 0.717) is 5.75 Å². The Morgan fingerprint density at radius 3 is 2.20 bits per heavy atom. The molecule has 0 aromatic carbocycles. The van der Waals surface area contributed by atoms with E-state index in [1.165, 1.54) is 11.8 Å². The molecule has 0 aromatic heterocycles. The zero-order chi connectivity index (χ0) is 7.98. The van der Waals surface area contributed by atoms with Crippen LogP contribution >= 0.6 is 35.0 Å². The molecule has 0 atom stereocenters. The normalized spacial score (nSPS) is 9.40. The molecule has 58 valence electrons. The second-order valence-corrected chi connectivity index (χ2v) is 3.46. The van der Waals surface area contributed by atoms with Crippen molar-refractivity contribution in [3.05, 3.63) is 0 Å². The van der Waals surface area contributed by atoms with Crippen molar-refractivity contribution < 1.29 is 9.59 Å². The van der Waals surface area contributed by atoms with Gasteiger partial charge >= 0.3 is 0 Å². The molecule has 0 fully saturated rings. The van der Waals surface area contributed by atoms with Gasteiger partial charge in [0, 0.05) is 12.2 Å². The highest BCUT2D eigenvalue weighted by Gasteiger charge is 1.98. The van der Waals surface area contributed by atoms with Crippen LogP contribution in [0, 0.1) is 0 Å². The van der Waals surface area contributed by atoms with Crippen molar-refractivity contribution in [1.29, 1.82) is 0 Å². The second-order valence-electron chi connectivity index (χ2n) is 1.51. The highest BCUT2D eigenvalue weighted by Crippen LogP contribution is 2.04. The Labute approximate surface area is 73.3 Å². The first kappa shape index (κ1) is 10.3. The Morgan fingerprint density at radius 1 is 1.20 bits per heavy atom. The van der Waals surface area contributed by atoms with Crippen molar-refractivity contribution in [1.82, 2.24) is 0 Å². The Balaban J connectivity index is 3.06. The lowest BCUT2D eigenvalue weighted by Crippen LogP contribution is -1.94. The maximum Gasteiger partial charge on any atom is 0.231 e. The predicted molar refractivity (Wildman–Crippen MR) is 43.7 cm³/mol. The Hall–Kier alpha value is 0.270. The monoisotopic (exact) mass is 200 g/mol. The Morgan fingerprint density at radius 2 is 1.80 bits per heavy atom. The largest absolute Gasteiger partial charge is 0.281 e. The van der Waals surface area contributed by atoms with E-state index < -0.39 is 5.24 Å². The lowest BCUT2D eigenvalue weighted by Gasteiger charge is -1.91. The van der Waals surface area contributed by atoms with Crippen molar-refractivity contribution in [2.75, 3.05) is 11.5 Å². The molecule has 0 aromatic rings. The van der Waals surface area contributed by atoms with Gasteiger partial charge in [0.25, 0.3) is 0 Å². The summed E-state index contributed by atoms with van der Waals surface area (Å²) in [6.45, 7) is 0. The number of rotatable bonds is 5. The quantitative estimate of drug-likeness (QED) is 0.500. The summed E-state index contributed by atoms with van der Waals surface area (Å²) in [7, 11) is 0. The molecule has 0 radical (unpaired) electrons. The fraction of sp³-hybridized carbons (Fsp3) is 0.600. The smallest absolute Gasteiger partial charge is 0.231 e. The third-order valence-electron chi connectivity index (χ3n) is 0.658. The molecule has 0 saturated carbocycles. The van der Waals surface area contributed by atoms with Crippen LogP contribution in [0.1, 0.15) is 6.42 Å². The van der Waals surface area contributed by atoms with Crippen molar-refractivity contribution in [3.63, 3.8) is 0 Å². The third-order valence-corrected chi connectivity index (χ3v) is 2.10. The molecule has 0 amide bonds. The van der Waals surface area contributed by atoms with E-state index in [9.17, 15) is 9.59 Å². The van der Waals surface area contributed by atoms with E-state index in [0.717, 1.165) is 0 Å². The first-order valence-electron chi connectivity index (χ1n) is 2.57. The van der Waals surface area contributed by atoms with Crippen molar-refractivity contribution in [3.8, 4) is 0 Å². The summed E-state index contributed by atoms with van der Waals surface area (Å²) < 4.78 is 0. The molecular weight excluding hydrogens is 195 g/mol. The number of halogens is 2. The standard InChI is InChI=1S/C5H6Cl2O2S/c6-4(8)1-2-10-3-5(7)9/h1-3H2. The van der Waals surface area contributed by atoms with Gasteiger partial charge in [-0.3, -0.25) is 9.59 Å². The van der Waals surface area contributed by atoms with E-state index in [4.69, 9.17) is 23.2 Å². The minimum Gasteiger partial charge on any atom is -0.281 e. The van der Waals surface area contributed by atoms with Crippen LogP contribution in [0.15, 0.2) is 0 Å². The Kier molecular flexibility index (Phi) is 6.17. The molecule has 0 aliphatic rings. The minimum atomic E-state index is -0.396. The average Bonchev–Trinajstić information content (AvgIpc) is 1.79. The summed E-state index contributed by atoms with van der Waals surface area (Å²) in [5.41, 5.74) is 0. The van der Waals surface area contributed by atoms with Gasteiger partial charge in [-0.05, 0) is 23.2 Å². The molecule has 0 aliphatic carbocycles. The molecule has 0 aliphatic heterocycles. The van der Waals surface area contributed by atoms with Gasteiger partial charge in [-0.25, -0.2) is 0 Å². The minimum absolute atomic E-state index is 0.242. The van der Waals surface area contributed by atoms with E-state index in [1.54, 1.807) is 0 Å². The third kappa shape index (κ3) is 8.27. The van der Waals surface area contributed by atoms with Gasteiger partial charge in [0.05, 0.1) is 5.75 Å². The molecular formula is C5H6Cl2O2S. The van der Waals surface area contributed by atoms with Crippen LogP contribution in [0.2, 0.25) is 0 Å². The SMILES string of the molecule is O=C(Cl)CCSCC(=O)Cl. The molecule has 0 N–H and O–H groups in total. The number of carbonyl (C=O) groups excluding carboxylic acids is 2. The van der Waals surface area contributed by atoms with Crippen LogP contribution < -0.4 is 0 Å². The molecule has 0 bridgehead atoms. The summed E-state index contributed by atoms with van der Waals surface area (Å²) in [6.07, 6.45) is 0.288. The summed E-state index contributed by atoms with van der Waals surface area (Å²) in [6, 6.07) is 0. The fourth-order valence-corrected chi connectivity index (χ4v) is 1.38. The highest BCUT2D eigenvalue weighted by molar-refractivity contribution is 8.00. The molecule has 0 unspecified atom stereocenters. The molecule has 0 saturated heterocycles. The Bertz CT molecular complexity index is 122. The summed E-state index contributed by atoms with van der Waals surface area (Å²) in [5, 5.41) is -0.776. The van der Waals surface area contributed by atoms with Crippen molar-refractivity contribution in [2.24, 2.45) is 0 Å². The van der Waals surface area contributed by atoms with Gasteiger partial charge in [0.2, 0.25) is 10.5 Å². The summed E-state index contributed by atoms with van der Waals surface area (Å²) in [5.74, 6) is 0.798. The van der Waals surface area contributed by atoms with E-state index in [2.05, 4.69) is 0 Å². The summed E-state index contributed by atoms with van der Waals surface area (Å²) >= 11 is 11.3. The van der Waals surface area contributed by atoms with Gasteiger partial charge in [-0.2, -0.15) is 11.8 Å². The predicted octanol–water partition coefficient (Wildman–Crippen LogP) is 1.64. The molecule has 0 heterocycles. The van der Waals surface area contributed by atoms with E-state index in [-0.39, 0.29) is 17.4 Å². The number of carbonyl (C=O) groups is 2. The van der Waals surface area contributed by atoms with Crippen LogP contribution in [0.3, 0.4) is 0 Å². The zero-order valence-electron chi connectivity index (χ0n) is 5.10. The highest BCUT2D eigenvalue weighted by atomic mass is 35.5. The average molecular weight is 201 g/mol. The molecule has 10 heavy (non-hydrogen) atoms. The van der Waals surface area contributed by atoms with Gasteiger partial charge in [-0.15, -0.1) is 0 Å². The van der Waals surface area contributed by atoms with E-state index >= 15 is 0 Å². The van der Waals surface area contributed by atoms with Crippen LogP contribution in [0.25, 0.3) is 0 Å². The van der Waals surface area contributed by atoms with Crippen molar-refractivity contribution in [2.45, 2.75) is 6.42 Å². The number of thioether (sulfide) groups is 1. The van der Waals surface area contributed by atoms with Crippen molar-refractivity contribution >= 4 is 45.4 Å². The zero-order valence-corrected chi connectivity index (χ0v) is 7.43. The molecule has 5 heteroatoms. The molecule has 0 rings (SSSR count). The maximum atomic E-state index is 10.1. The number of hydrogen-bond acceptors (Lipinski definition) is 3. The van der Waals surface area contributed by atoms with Crippen LogP contribution in [0.4, 0.5) is 0 Å². The van der Waals surface area contributed by atoms with Crippen LogP contribution in [-0.4, -0.2) is 22.0 Å². The first-order chi connectivity index (χ1) is 4.63. The topological polar surface area (TPSA) is 34.1 Å². The van der Waals surface area contributed by atoms with Gasteiger partial charge in [0.15, 0.2) is 0 Å². The second kappa shape index (κ2) is 6.01. The number of hydrogen-bond donors (Lipinski definition) is 0. The maximum absolute atomic E-state index is 10.1. The van der Waals surface area contributed by atoms with E-state index in [1.807, 2.05) is 0 Å².